The van der Waals surface area contributed by atoms with Crippen molar-refractivity contribution in [2.45, 2.75) is 84.1 Å². The van der Waals surface area contributed by atoms with Crippen LogP contribution in [0.4, 0.5) is 0 Å². The molecule has 1 unspecified atom stereocenters. The van der Waals surface area contributed by atoms with Crippen LogP contribution in [0.25, 0.3) is 0 Å². The summed E-state index contributed by atoms with van der Waals surface area (Å²) in [6, 6.07) is 0.783. The van der Waals surface area contributed by atoms with E-state index in [2.05, 4.69) is 26.2 Å². The average Bonchev–Trinajstić information content (AvgIpc) is 2.96. The minimum Gasteiger partial charge on any atom is -0.316 e. The van der Waals surface area contributed by atoms with E-state index in [0.717, 1.165) is 17.9 Å². The Balaban J connectivity index is 2.01. The molecule has 2 aliphatic rings. The van der Waals surface area contributed by atoms with Gasteiger partial charge in [-0.15, -0.1) is 0 Å². The molecular weight excluding hydrogens is 218 g/mol. The minimum absolute atomic E-state index is 0.630. The molecule has 0 aromatic heterocycles. The molecule has 1 nitrogen and oxygen atoms in total. The van der Waals surface area contributed by atoms with Gasteiger partial charge < -0.3 is 5.32 Å². The second-order valence-electron chi connectivity index (χ2n) is 7.39. The SMILES string of the molecule is CNC(CC1CCCC1)C1(CC(C)C)CCCC1. The van der Waals surface area contributed by atoms with Crippen LogP contribution in [0.1, 0.15) is 78.1 Å². The van der Waals surface area contributed by atoms with E-state index in [1.165, 1.54) is 64.2 Å². The van der Waals surface area contributed by atoms with Crippen molar-refractivity contribution in [3.63, 3.8) is 0 Å². The van der Waals surface area contributed by atoms with Crippen LogP contribution in [0.2, 0.25) is 0 Å². The van der Waals surface area contributed by atoms with E-state index in [1.807, 2.05) is 0 Å². The highest BCUT2D eigenvalue weighted by Gasteiger charge is 2.41. The molecule has 18 heavy (non-hydrogen) atoms. The summed E-state index contributed by atoms with van der Waals surface area (Å²) in [5, 5.41) is 3.72. The van der Waals surface area contributed by atoms with Crippen LogP contribution in [0, 0.1) is 17.3 Å². The van der Waals surface area contributed by atoms with Crippen molar-refractivity contribution in [2.75, 3.05) is 7.05 Å². The number of hydrogen-bond acceptors (Lipinski definition) is 1. The summed E-state index contributed by atoms with van der Waals surface area (Å²) in [5.74, 6) is 1.87. The Morgan fingerprint density at radius 1 is 1.06 bits per heavy atom. The zero-order chi connectivity index (χ0) is 13.0. The molecule has 1 atom stereocenters. The van der Waals surface area contributed by atoms with Crippen LogP contribution in [0.5, 0.6) is 0 Å². The van der Waals surface area contributed by atoms with Gasteiger partial charge >= 0.3 is 0 Å². The standard InChI is InChI=1S/C17H33N/c1-14(2)13-17(10-6-7-11-17)16(18-3)12-15-8-4-5-9-15/h14-16,18H,4-13H2,1-3H3. The quantitative estimate of drug-likeness (QED) is 0.717. The van der Waals surface area contributed by atoms with Gasteiger partial charge in [0.1, 0.15) is 0 Å². The predicted molar refractivity (Wildman–Crippen MR) is 79.8 cm³/mol. The van der Waals surface area contributed by atoms with E-state index in [9.17, 15) is 0 Å². The fraction of sp³-hybridized carbons (Fsp3) is 1.00. The fourth-order valence-corrected chi connectivity index (χ4v) is 4.84. The lowest BCUT2D eigenvalue weighted by Crippen LogP contribution is -2.44. The number of rotatable bonds is 6. The van der Waals surface area contributed by atoms with E-state index in [4.69, 9.17) is 0 Å². The topological polar surface area (TPSA) is 12.0 Å². The van der Waals surface area contributed by atoms with E-state index in [1.54, 1.807) is 0 Å². The molecule has 0 aliphatic heterocycles. The van der Waals surface area contributed by atoms with Crippen molar-refractivity contribution in [3.05, 3.63) is 0 Å². The minimum atomic E-state index is 0.630. The van der Waals surface area contributed by atoms with Gasteiger partial charge in [0.05, 0.1) is 0 Å². The van der Waals surface area contributed by atoms with Crippen LogP contribution in [0.15, 0.2) is 0 Å². The summed E-state index contributed by atoms with van der Waals surface area (Å²) >= 11 is 0. The summed E-state index contributed by atoms with van der Waals surface area (Å²) in [7, 11) is 2.21. The molecule has 1 N–H and O–H groups in total. The smallest absolute Gasteiger partial charge is 0.0123 e. The monoisotopic (exact) mass is 251 g/mol. The molecule has 1 heteroatoms. The third-order valence-electron chi connectivity index (χ3n) is 5.55. The van der Waals surface area contributed by atoms with Crippen molar-refractivity contribution in [1.82, 2.24) is 5.32 Å². The summed E-state index contributed by atoms with van der Waals surface area (Å²) in [4.78, 5) is 0. The van der Waals surface area contributed by atoms with Gasteiger partial charge in [0.25, 0.3) is 0 Å². The molecule has 106 valence electrons. The maximum atomic E-state index is 3.72. The van der Waals surface area contributed by atoms with Gasteiger partial charge in [-0.25, -0.2) is 0 Å². The maximum absolute atomic E-state index is 3.72. The molecule has 0 aromatic carbocycles. The van der Waals surface area contributed by atoms with Crippen molar-refractivity contribution in [2.24, 2.45) is 17.3 Å². The van der Waals surface area contributed by atoms with E-state index in [-0.39, 0.29) is 0 Å². The summed E-state index contributed by atoms with van der Waals surface area (Å²) in [5.41, 5.74) is 0.630. The molecule has 2 saturated carbocycles. The fourth-order valence-electron chi connectivity index (χ4n) is 4.84. The molecule has 0 radical (unpaired) electrons. The molecule has 0 saturated heterocycles. The Kier molecular flexibility index (Phi) is 5.12. The van der Waals surface area contributed by atoms with Gasteiger partial charge in [-0.05, 0) is 50.0 Å². The van der Waals surface area contributed by atoms with E-state index >= 15 is 0 Å². The van der Waals surface area contributed by atoms with Crippen molar-refractivity contribution in [1.29, 1.82) is 0 Å². The van der Waals surface area contributed by atoms with Gasteiger partial charge in [0.15, 0.2) is 0 Å². The van der Waals surface area contributed by atoms with Gasteiger partial charge in [0, 0.05) is 6.04 Å². The average molecular weight is 251 g/mol. The van der Waals surface area contributed by atoms with Crippen molar-refractivity contribution in [3.8, 4) is 0 Å². The highest BCUT2D eigenvalue weighted by Crippen LogP contribution is 2.48. The van der Waals surface area contributed by atoms with Crippen LogP contribution in [-0.2, 0) is 0 Å². The largest absolute Gasteiger partial charge is 0.316 e. The van der Waals surface area contributed by atoms with Crippen molar-refractivity contribution >= 4 is 0 Å². The predicted octanol–water partition coefficient (Wildman–Crippen LogP) is 4.76. The van der Waals surface area contributed by atoms with Gasteiger partial charge in [-0.2, -0.15) is 0 Å². The summed E-state index contributed by atoms with van der Waals surface area (Å²) < 4.78 is 0. The molecule has 0 aromatic rings. The maximum Gasteiger partial charge on any atom is 0.0123 e. The third-order valence-corrected chi connectivity index (χ3v) is 5.55. The van der Waals surface area contributed by atoms with Gasteiger partial charge in [-0.3, -0.25) is 0 Å². The van der Waals surface area contributed by atoms with Crippen LogP contribution < -0.4 is 5.32 Å². The van der Waals surface area contributed by atoms with Crippen LogP contribution >= 0.6 is 0 Å². The first-order valence-electron chi connectivity index (χ1n) is 8.33. The summed E-state index contributed by atoms with van der Waals surface area (Å²) in [6.45, 7) is 4.81. The molecule has 0 heterocycles. The van der Waals surface area contributed by atoms with Crippen LogP contribution in [-0.4, -0.2) is 13.1 Å². The lowest BCUT2D eigenvalue weighted by molar-refractivity contribution is 0.139. The molecule has 2 aliphatic carbocycles. The highest BCUT2D eigenvalue weighted by atomic mass is 14.9. The first kappa shape index (κ1) is 14.4. The van der Waals surface area contributed by atoms with Gasteiger partial charge in [0.2, 0.25) is 0 Å². The molecule has 2 fully saturated rings. The molecular formula is C17H33N. The Morgan fingerprint density at radius 2 is 1.67 bits per heavy atom. The Hall–Kier alpha value is -0.0400. The van der Waals surface area contributed by atoms with E-state index < -0.39 is 0 Å². The second-order valence-corrected chi connectivity index (χ2v) is 7.39. The Bertz CT molecular complexity index is 234. The summed E-state index contributed by atoms with van der Waals surface area (Å²) in [6.07, 6.45) is 14.7. The number of nitrogens with one attached hydrogen (secondary N) is 1. The Labute approximate surface area is 114 Å². The molecule has 0 amide bonds. The highest BCUT2D eigenvalue weighted by molar-refractivity contribution is 4.96. The second kappa shape index (κ2) is 6.41. The molecule has 2 rings (SSSR count). The normalized spacial score (nSPS) is 26.0. The Morgan fingerprint density at radius 3 is 2.17 bits per heavy atom. The molecule has 0 bridgehead atoms. The zero-order valence-electron chi connectivity index (χ0n) is 12.8. The lowest BCUT2D eigenvalue weighted by Gasteiger charge is -2.40. The zero-order valence-corrected chi connectivity index (χ0v) is 12.8. The first-order valence-corrected chi connectivity index (χ1v) is 8.33. The van der Waals surface area contributed by atoms with E-state index in [0.29, 0.717) is 5.41 Å². The lowest BCUT2D eigenvalue weighted by atomic mass is 9.70. The van der Waals surface area contributed by atoms with Gasteiger partial charge in [-0.1, -0.05) is 52.4 Å². The number of hydrogen-bond donors (Lipinski definition) is 1. The van der Waals surface area contributed by atoms with Crippen LogP contribution in [0.3, 0.4) is 0 Å². The molecule has 0 spiro atoms. The van der Waals surface area contributed by atoms with Crippen molar-refractivity contribution < 1.29 is 0 Å². The first-order chi connectivity index (χ1) is 8.66. The third kappa shape index (κ3) is 3.29.